The number of amides is 1. The van der Waals surface area contributed by atoms with Gasteiger partial charge in [0, 0.05) is 11.6 Å². The van der Waals surface area contributed by atoms with Crippen LogP contribution in [0.5, 0.6) is 11.5 Å². The number of nitrogens with one attached hydrogen (secondary N) is 1. The normalized spacial score (nSPS) is 11.7. The lowest BCUT2D eigenvalue weighted by molar-refractivity contribution is -0.386. The zero-order chi connectivity index (χ0) is 19.4. The van der Waals surface area contributed by atoms with E-state index in [1.54, 1.807) is 40.2 Å². The zero-order valence-electron chi connectivity index (χ0n) is 15.4. The van der Waals surface area contributed by atoms with Crippen LogP contribution in [-0.2, 0) is 11.3 Å². The summed E-state index contributed by atoms with van der Waals surface area (Å²) in [6.45, 7) is 4.83. The van der Waals surface area contributed by atoms with Gasteiger partial charge in [-0.2, -0.15) is 5.10 Å². The number of aryl methyl sites for hydroxylation is 1. The number of nitrogens with zero attached hydrogens (tertiary/aromatic N) is 3. The van der Waals surface area contributed by atoms with Crippen LogP contribution < -0.4 is 14.8 Å². The van der Waals surface area contributed by atoms with Crippen molar-refractivity contribution >= 4 is 11.6 Å². The van der Waals surface area contributed by atoms with Crippen LogP contribution in [-0.4, -0.2) is 34.8 Å². The van der Waals surface area contributed by atoms with Crippen LogP contribution in [0, 0.1) is 24.0 Å². The summed E-state index contributed by atoms with van der Waals surface area (Å²) in [5, 5.41) is 18.0. The topological polar surface area (TPSA) is 109 Å². The molecule has 0 fully saturated rings. The average Bonchev–Trinajstić information content (AvgIpc) is 2.87. The Hall–Kier alpha value is -3.10. The number of benzene rings is 1. The van der Waals surface area contributed by atoms with Crippen LogP contribution in [0.4, 0.5) is 5.69 Å². The predicted molar refractivity (Wildman–Crippen MR) is 94.5 cm³/mol. The zero-order valence-corrected chi connectivity index (χ0v) is 15.4. The molecule has 0 radical (unpaired) electrons. The summed E-state index contributed by atoms with van der Waals surface area (Å²) in [6, 6.07) is 5.01. The molecule has 0 aliphatic rings. The van der Waals surface area contributed by atoms with Gasteiger partial charge in [-0.05, 0) is 32.9 Å². The highest BCUT2D eigenvalue weighted by atomic mass is 16.6. The maximum atomic E-state index is 12.4. The number of rotatable bonds is 7. The maximum absolute atomic E-state index is 12.4. The molecule has 26 heavy (non-hydrogen) atoms. The first-order chi connectivity index (χ1) is 12.3. The van der Waals surface area contributed by atoms with Gasteiger partial charge in [0.15, 0.2) is 0 Å². The van der Waals surface area contributed by atoms with E-state index in [1.807, 2.05) is 13.0 Å². The van der Waals surface area contributed by atoms with E-state index in [2.05, 4.69) is 10.4 Å². The van der Waals surface area contributed by atoms with E-state index < -0.39 is 4.92 Å². The Kier molecular flexibility index (Phi) is 5.81. The quantitative estimate of drug-likeness (QED) is 0.598. The minimum absolute atomic E-state index is 0.0670. The molecule has 1 aromatic heterocycles. The molecule has 9 heteroatoms. The van der Waals surface area contributed by atoms with E-state index >= 15 is 0 Å². The Morgan fingerprint density at radius 2 is 2.04 bits per heavy atom. The number of carbonyl (C=O) groups excluding carboxylic acids is 1. The molecule has 1 amide bonds. The number of ether oxygens (including phenoxy) is 2. The summed E-state index contributed by atoms with van der Waals surface area (Å²) in [7, 11) is 3.11. The van der Waals surface area contributed by atoms with Crippen LogP contribution in [0.1, 0.15) is 29.9 Å². The summed E-state index contributed by atoms with van der Waals surface area (Å²) in [5.41, 5.74) is 1.35. The van der Waals surface area contributed by atoms with Crippen LogP contribution in [0.25, 0.3) is 0 Å². The van der Waals surface area contributed by atoms with Crippen molar-refractivity contribution in [2.45, 2.75) is 33.4 Å². The van der Waals surface area contributed by atoms with Crippen LogP contribution >= 0.6 is 0 Å². The Morgan fingerprint density at radius 1 is 1.35 bits per heavy atom. The molecule has 0 spiro atoms. The van der Waals surface area contributed by atoms with Crippen LogP contribution in [0.3, 0.4) is 0 Å². The third kappa shape index (κ3) is 3.93. The molecule has 1 heterocycles. The van der Waals surface area contributed by atoms with E-state index in [9.17, 15) is 14.9 Å². The third-order valence-electron chi connectivity index (χ3n) is 4.10. The van der Waals surface area contributed by atoms with Crippen LogP contribution in [0.15, 0.2) is 18.2 Å². The highest BCUT2D eigenvalue weighted by Gasteiger charge is 2.23. The lowest BCUT2D eigenvalue weighted by atomic mass is 10.1. The van der Waals surface area contributed by atoms with Crippen molar-refractivity contribution in [3.63, 3.8) is 0 Å². The van der Waals surface area contributed by atoms with E-state index in [0.29, 0.717) is 17.2 Å². The summed E-state index contributed by atoms with van der Waals surface area (Å²) < 4.78 is 11.8. The first-order valence-corrected chi connectivity index (χ1v) is 7.98. The van der Waals surface area contributed by atoms with Gasteiger partial charge in [-0.1, -0.05) is 0 Å². The van der Waals surface area contributed by atoms with E-state index in [4.69, 9.17) is 9.47 Å². The Bertz CT molecular complexity index is 831. The second-order valence-corrected chi connectivity index (χ2v) is 5.83. The number of methoxy groups -OCH3 is 2. The van der Waals surface area contributed by atoms with Crippen molar-refractivity contribution in [1.82, 2.24) is 15.1 Å². The standard InChI is InChI=1S/C17H22N4O5/c1-10(14-7-6-13(25-4)8-15(14)26-5)18-16(22)9-20-12(3)17(21(23)24)11(2)19-20/h6-8,10H,9H2,1-5H3,(H,18,22). The molecule has 0 aliphatic carbocycles. The molecular formula is C17H22N4O5. The smallest absolute Gasteiger partial charge is 0.312 e. The van der Waals surface area contributed by atoms with Gasteiger partial charge in [-0.15, -0.1) is 0 Å². The summed E-state index contributed by atoms with van der Waals surface area (Å²) in [4.78, 5) is 22.9. The van der Waals surface area contributed by atoms with Crippen molar-refractivity contribution in [3.8, 4) is 11.5 Å². The monoisotopic (exact) mass is 362 g/mol. The fourth-order valence-corrected chi connectivity index (χ4v) is 2.78. The second kappa shape index (κ2) is 7.85. The van der Waals surface area contributed by atoms with Gasteiger partial charge in [0.2, 0.25) is 5.91 Å². The van der Waals surface area contributed by atoms with Crippen molar-refractivity contribution in [3.05, 3.63) is 45.3 Å². The summed E-state index contributed by atoms with van der Waals surface area (Å²) in [6.07, 6.45) is 0. The second-order valence-electron chi connectivity index (χ2n) is 5.83. The van der Waals surface area contributed by atoms with Crippen molar-refractivity contribution in [2.24, 2.45) is 0 Å². The molecular weight excluding hydrogens is 340 g/mol. The molecule has 140 valence electrons. The maximum Gasteiger partial charge on any atom is 0.312 e. The van der Waals surface area contributed by atoms with Gasteiger partial charge in [0.25, 0.3) is 0 Å². The molecule has 1 aromatic carbocycles. The molecule has 1 atom stereocenters. The minimum atomic E-state index is -0.489. The van der Waals surface area contributed by atoms with Gasteiger partial charge in [-0.3, -0.25) is 19.6 Å². The number of hydrogen-bond donors (Lipinski definition) is 1. The number of nitro groups is 1. The molecule has 2 rings (SSSR count). The van der Waals surface area contributed by atoms with Gasteiger partial charge >= 0.3 is 5.69 Å². The lowest BCUT2D eigenvalue weighted by Gasteiger charge is -2.18. The molecule has 2 aromatic rings. The highest BCUT2D eigenvalue weighted by molar-refractivity contribution is 5.76. The Balaban J connectivity index is 2.13. The van der Waals surface area contributed by atoms with Crippen LogP contribution in [0.2, 0.25) is 0 Å². The molecule has 1 N–H and O–H groups in total. The fourth-order valence-electron chi connectivity index (χ4n) is 2.78. The largest absolute Gasteiger partial charge is 0.497 e. The van der Waals surface area contributed by atoms with Gasteiger partial charge in [-0.25, -0.2) is 0 Å². The van der Waals surface area contributed by atoms with Crippen molar-refractivity contribution < 1.29 is 19.2 Å². The first-order valence-electron chi connectivity index (χ1n) is 7.98. The van der Waals surface area contributed by atoms with Gasteiger partial charge < -0.3 is 14.8 Å². The SMILES string of the molecule is COc1ccc(C(C)NC(=O)Cn2nc(C)c([N+](=O)[O-])c2C)c(OC)c1. The number of aromatic nitrogens is 2. The summed E-state index contributed by atoms with van der Waals surface area (Å²) in [5.74, 6) is 0.939. The Labute approximate surface area is 151 Å². The predicted octanol–water partition coefficient (Wildman–Crippen LogP) is 2.30. The van der Waals surface area contributed by atoms with Gasteiger partial charge in [0.1, 0.15) is 29.4 Å². The minimum Gasteiger partial charge on any atom is -0.497 e. The van der Waals surface area contributed by atoms with E-state index in [-0.39, 0.29) is 29.9 Å². The van der Waals surface area contributed by atoms with E-state index in [0.717, 1.165) is 5.56 Å². The first kappa shape index (κ1) is 19.2. The molecule has 9 nitrogen and oxygen atoms in total. The average molecular weight is 362 g/mol. The molecule has 0 aliphatic heterocycles. The molecule has 0 saturated carbocycles. The third-order valence-corrected chi connectivity index (χ3v) is 4.10. The number of carbonyl (C=O) groups is 1. The molecule has 1 unspecified atom stereocenters. The van der Waals surface area contributed by atoms with Crippen molar-refractivity contribution in [2.75, 3.05) is 14.2 Å². The molecule has 0 bridgehead atoms. The Morgan fingerprint density at radius 3 is 2.58 bits per heavy atom. The van der Waals surface area contributed by atoms with E-state index in [1.165, 1.54) is 4.68 Å². The summed E-state index contributed by atoms with van der Waals surface area (Å²) >= 11 is 0. The highest BCUT2D eigenvalue weighted by Crippen LogP contribution is 2.29. The number of hydrogen-bond acceptors (Lipinski definition) is 6. The van der Waals surface area contributed by atoms with Gasteiger partial charge in [0.05, 0.1) is 25.2 Å². The fraction of sp³-hybridized carbons (Fsp3) is 0.412. The molecule has 0 saturated heterocycles. The lowest BCUT2D eigenvalue weighted by Crippen LogP contribution is -2.31. The van der Waals surface area contributed by atoms with Crippen molar-refractivity contribution in [1.29, 1.82) is 0 Å².